The van der Waals surface area contributed by atoms with Gasteiger partial charge in [-0.1, -0.05) is 29.8 Å². The van der Waals surface area contributed by atoms with E-state index in [1.807, 2.05) is 0 Å². The van der Waals surface area contributed by atoms with Crippen molar-refractivity contribution < 1.29 is 28.0 Å². The maximum Gasteiger partial charge on any atom is 0.336 e. The van der Waals surface area contributed by atoms with Gasteiger partial charge in [-0.25, -0.2) is 9.59 Å². The number of hydrogen-bond acceptors (Lipinski definition) is 7. The Kier molecular flexibility index (Phi) is 6.50. The van der Waals surface area contributed by atoms with Crippen LogP contribution in [-0.4, -0.2) is 45.4 Å². The lowest BCUT2D eigenvalue weighted by atomic mass is 9.80. The molecular formula is C20H25ClN2O5. The molecule has 1 unspecified atom stereocenters. The number of ether oxygens (including phenoxy) is 3. The van der Waals surface area contributed by atoms with Crippen molar-refractivity contribution in [3.63, 3.8) is 0 Å². The van der Waals surface area contributed by atoms with E-state index in [4.69, 9.17) is 30.0 Å². The van der Waals surface area contributed by atoms with Crippen LogP contribution in [0.3, 0.4) is 0 Å². The van der Waals surface area contributed by atoms with Crippen molar-refractivity contribution in [3.8, 4) is 0 Å². The molecule has 1 atom stereocenters. The fourth-order valence-corrected chi connectivity index (χ4v) is 3.27. The van der Waals surface area contributed by atoms with Crippen LogP contribution in [0.25, 0.3) is 0 Å². The molecule has 0 amide bonds. The van der Waals surface area contributed by atoms with Crippen molar-refractivity contribution in [1.29, 1.82) is 0 Å². The van der Waals surface area contributed by atoms with Gasteiger partial charge in [-0.05, 0) is 25.5 Å². The van der Waals surface area contributed by atoms with Crippen molar-refractivity contribution in [2.75, 3.05) is 33.5 Å². The van der Waals surface area contributed by atoms with E-state index in [2.05, 4.69) is 0 Å². The van der Waals surface area contributed by atoms with E-state index in [-0.39, 0.29) is 48.9 Å². The van der Waals surface area contributed by atoms with E-state index in [0.717, 1.165) is 5.31 Å². The van der Waals surface area contributed by atoms with Gasteiger partial charge in [-0.3, -0.25) is 0 Å². The summed E-state index contributed by atoms with van der Waals surface area (Å²) in [7, 11) is 1.22. The van der Waals surface area contributed by atoms with Gasteiger partial charge in [0.05, 0.1) is 49.7 Å². The Morgan fingerprint density at radius 3 is 2.71 bits per heavy atom. The highest BCUT2D eigenvalue weighted by atomic mass is 35.5. The van der Waals surface area contributed by atoms with Crippen LogP contribution >= 0.6 is 11.6 Å². The summed E-state index contributed by atoms with van der Waals surface area (Å²) >= 11 is 6.42. The van der Waals surface area contributed by atoms with E-state index in [0.29, 0.717) is 16.3 Å². The third-order valence-electron chi connectivity index (χ3n) is 4.17. The molecule has 0 saturated carbocycles. The standard InChI is InChI=1S/C20H25ClN2O5/c1-4-28-20(25)18-15(11-27-10-9-22)23-12(2)16(19(24)26-3)17(18)13-7-5-6-8-14(13)21/h5-8,17,23H,4,9-11,22H2,1-3H3/i/hD3. The first-order chi connectivity index (χ1) is 14.7. The number of esters is 2. The topological polar surface area (TPSA) is 99.9 Å². The van der Waals surface area contributed by atoms with Crippen LogP contribution < -0.4 is 11.0 Å². The average molecular weight is 412 g/mol. The molecule has 0 bridgehead atoms. The number of rotatable bonds is 9. The minimum Gasteiger partial charge on any atom is -0.466 e. The highest BCUT2D eigenvalue weighted by Crippen LogP contribution is 2.41. The van der Waals surface area contributed by atoms with E-state index in [1.54, 1.807) is 38.1 Å². The molecular weight excluding hydrogens is 384 g/mol. The molecule has 1 aliphatic rings. The number of hydrogen-bond donors (Lipinski definition) is 2. The smallest absolute Gasteiger partial charge is 0.336 e. The summed E-state index contributed by atoms with van der Waals surface area (Å²) in [5, 5.41) is 1.28. The number of methoxy groups -OCH3 is 1. The molecule has 2 rings (SSSR count). The molecule has 3 N–H and O–H groups in total. The van der Waals surface area contributed by atoms with Gasteiger partial charge in [0.25, 0.3) is 0 Å². The monoisotopic (exact) mass is 411 g/mol. The molecule has 1 aromatic rings. The number of benzene rings is 1. The highest BCUT2D eigenvalue weighted by molar-refractivity contribution is 6.31. The number of halogens is 1. The first-order valence-electron chi connectivity index (χ1n) is 10.1. The lowest BCUT2D eigenvalue weighted by Gasteiger charge is -2.31. The minimum absolute atomic E-state index is 0.0101. The largest absolute Gasteiger partial charge is 0.466 e. The Hall–Kier alpha value is -2.35. The first kappa shape index (κ1) is 17.7. The summed E-state index contributed by atoms with van der Waals surface area (Å²) in [5.74, 6) is -2.33. The lowest BCUT2D eigenvalue weighted by molar-refractivity contribution is -0.139. The van der Waals surface area contributed by atoms with Crippen LogP contribution in [0.4, 0.5) is 0 Å². The molecule has 8 heteroatoms. The van der Waals surface area contributed by atoms with Crippen molar-refractivity contribution >= 4 is 23.5 Å². The first-order valence-corrected chi connectivity index (χ1v) is 9.18. The summed E-state index contributed by atoms with van der Waals surface area (Å²) in [6, 6.07) is 6.79. The zero-order valence-electron chi connectivity index (χ0n) is 19.0. The summed E-state index contributed by atoms with van der Waals surface area (Å²) in [6.07, 6.45) is 0. The van der Waals surface area contributed by atoms with Crippen molar-refractivity contribution in [3.05, 3.63) is 57.4 Å². The number of carbonyl (C=O) groups is 2. The van der Waals surface area contributed by atoms with Crippen LogP contribution in [0.15, 0.2) is 46.8 Å². The molecule has 7 nitrogen and oxygen atoms in total. The van der Waals surface area contributed by atoms with Crippen LogP contribution in [0.5, 0.6) is 0 Å². The van der Waals surface area contributed by atoms with Crippen LogP contribution in [0.1, 0.15) is 25.3 Å². The van der Waals surface area contributed by atoms with E-state index >= 15 is 0 Å². The third-order valence-corrected chi connectivity index (χ3v) is 4.52. The second-order valence-electron chi connectivity index (χ2n) is 5.91. The van der Waals surface area contributed by atoms with Gasteiger partial charge in [0.2, 0.25) is 0 Å². The number of nitrogens with one attached hydrogen (secondary N) is 1. The van der Waals surface area contributed by atoms with Crippen molar-refractivity contribution in [2.24, 2.45) is 5.72 Å². The summed E-state index contributed by atoms with van der Waals surface area (Å²) in [4.78, 5) is 25.7. The summed E-state index contributed by atoms with van der Waals surface area (Å²) < 4.78 is 38.4. The van der Waals surface area contributed by atoms with Gasteiger partial charge >= 0.3 is 11.9 Å². The SMILES string of the molecule is [2H]N([2H])CCOCC1=C(C(=O)OCC)C(c2ccccc2Cl)C(C(=O)OC)=C(C)N1[2H]. The quantitative estimate of drug-likeness (QED) is 0.475. The Balaban J connectivity index is 2.67. The molecule has 152 valence electrons. The number of nitrogens with two attached hydrogens (primary N) is 1. The molecule has 0 aromatic heterocycles. The van der Waals surface area contributed by atoms with Gasteiger partial charge in [0, 0.05) is 17.3 Å². The Morgan fingerprint density at radius 1 is 1.32 bits per heavy atom. The Morgan fingerprint density at radius 2 is 2.07 bits per heavy atom. The van der Waals surface area contributed by atoms with E-state index < -0.39 is 17.9 Å². The van der Waals surface area contributed by atoms with Gasteiger partial charge in [-0.2, -0.15) is 0 Å². The van der Waals surface area contributed by atoms with Crippen molar-refractivity contribution in [1.82, 2.24) is 5.31 Å². The molecule has 0 aliphatic carbocycles. The molecule has 1 heterocycles. The predicted octanol–water partition coefficient (Wildman–Crippen LogP) is 2.27. The molecule has 0 spiro atoms. The second kappa shape index (κ2) is 10.3. The highest BCUT2D eigenvalue weighted by Gasteiger charge is 2.39. The van der Waals surface area contributed by atoms with Crippen LogP contribution in [-0.2, 0) is 23.8 Å². The zero-order chi connectivity index (χ0) is 23.1. The predicted molar refractivity (Wildman–Crippen MR) is 106 cm³/mol. The fourth-order valence-electron chi connectivity index (χ4n) is 3.03. The zero-order valence-corrected chi connectivity index (χ0v) is 16.8. The van der Waals surface area contributed by atoms with Gasteiger partial charge in [0.15, 0.2) is 1.41 Å². The number of carbonyl (C=O) groups excluding carboxylic acids is 2. The number of allylic oxidation sites excluding steroid dienone is 1. The normalized spacial score (nSPS) is 18.7. The maximum atomic E-state index is 13.0. The molecule has 28 heavy (non-hydrogen) atoms. The lowest BCUT2D eigenvalue weighted by Crippen LogP contribution is -2.35. The van der Waals surface area contributed by atoms with Crippen molar-refractivity contribution in [2.45, 2.75) is 19.8 Å². The minimum atomic E-state index is -0.927. The van der Waals surface area contributed by atoms with E-state index in [1.165, 1.54) is 7.11 Å². The molecule has 1 aliphatic heterocycles. The molecule has 0 saturated heterocycles. The second-order valence-corrected chi connectivity index (χ2v) is 6.32. The average Bonchev–Trinajstić information content (AvgIpc) is 2.73. The Bertz CT molecular complexity index is 891. The number of dihydropyridines is 1. The van der Waals surface area contributed by atoms with E-state index in [9.17, 15) is 9.59 Å². The van der Waals surface area contributed by atoms with Gasteiger partial charge in [-0.15, -0.1) is 0 Å². The summed E-state index contributed by atoms with van der Waals surface area (Å²) in [5.41, 5.74) is 1.53. The van der Waals surface area contributed by atoms with Gasteiger partial charge in [0.1, 0.15) is 2.82 Å². The molecule has 0 fully saturated rings. The Labute approximate surface area is 173 Å². The van der Waals surface area contributed by atoms with Crippen LogP contribution in [0.2, 0.25) is 9.26 Å². The van der Waals surface area contributed by atoms with Gasteiger partial charge < -0.3 is 25.2 Å². The molecule has 1 aromatic carbocycles. The van der Waals surface area contributed by atoms with Crippen LogP contribution in [0, 0.1) is 0 Å². The maximum absolute atomic E-state index is 13.0. The third kappa shape index (κ3) is 4.73. The molecule has 0 radical (unpaired) electrons. The fraction of sp³-hybridized carbons (Fsp3) is 0.400. The summed E-state index contributed by atoms with van der Waals surface area (Å²) in [6.45, 7) is 3.19.